The van der Waals surface area contributed by atoms with Gasteiger partial charge in [0, 0.05) is 36.9 Å². The molecule has 1 N–H and O–H groups in total. The molecule has 4 aromatic rings. The molecule has 5 heterocycles. The first-order chi connectivity index (χ1) is 14.3. The Labute approximate surface area is 173 Å². The Kier molecular flexibility index (Phi) is 4.89. The second-order valence-electron chi connectivity index (χ2n) is 7.45. The fourth-order valence-corrected chi connectivity index (χ4v) is 4.83. The first-order valence-electron chi connectivity index (χ1n) is 10.1. The summed E-state index contributed by atoms with van der Waals surface area (Å²) >= 11 is 1.73. The van der Waals surface area contributed by atoms with Gasteiger partial charge in [-0.2, -0.15) is 0 Å². The summed E-state index contributed by atoms with van der Waals surface area (Å²) < 4.78 is 2.13. The zero-order chi connectivity index (χ0) is 19.6. The van der Waals surface area contributed by atoms with Crippen LogP contribution in [0.15, 0.2) is 54.2 Å². The Morgan fingerprint density at radius 3 is 3.03 bits per heavy atom. The molecule has 0 aromatic carbocycles. The van der Waals surface area contributed by atoms with E-state index in [0.717, 1.165) is 48.3 Å². The van der Waals surface area contributed by atoms with Crippen LogP contribution in [0.2, 0.25) is 0 Å². The SMILES string of the molecule is O=C(NCCc1cccs1)[C@@H]1CCCN(c2nc3ncccc3n3cccc23)C1. The quantitative estimate of drug-likeness (QED) is 0.552. The number of anilines is 1. The first-order valence-corrected chi connectivity index (χ1v) is 10.9. The van der Waals surface area contributed by atoms with Crippen LogP contribution in [-0.2, 0) is 11.2 Å². The number of amides is 1. The minimum atomic E-state index is -0.0108. The van der Waals surface area contributed by atoms with E-state index in [4.69, 9.17) is 4.98 Å². The highest BCUT2D eigenvalue weighted by Crippen LogP contribution is 2.28. The molecule has 1 aliphatic rings. The molecule has 0 aliphatic carbocycles. The standard InChI is InChI=1S/C22H23N5OS/c28-22(24-11-9-17-6-4-14-29-17)16-5-2-12-26(15-16)21-19-8-3-13-27(19)18-7-1-10-23-20(18)25-21/h1,3-4,6-8,10,13-14,16H,2,5,9,11-12,15H2,(H,24,28)/t16-/m1/s1. The summed E-state index contributed by atoms with van der Waals surface area (Å²) in [7, 11) is 0. The van der Waals surface area contributed by atoms with Crippen molar-refractivity contribution in [2.75, 3.05) is 24.5 Å². The zero-order valence-electron chi connectivity index (χ0n) is 16.1. The number of carbonyl (C=O) groups is 1. The maximum atomic E-state index is 12.8. The Hall–Kier alpha value is -2.93. The molecule has 1 amide bonds. The van der Waals surface area contributed by atoms with Gasteiger partial charge in [-0.25, -0.2) is 9.97 Å². The smallest absolute Gasteiger partial charge is 0.224 e. The van der Waals surface area contributed by atoms with E-state index in [0.29, 0.717) is 13.1 Å². The van der Waals surface area contributed by atoms with Gasteiger partial charge in [-0.1, -0.05) is 6.07 Å². The monoisotopic (exact) mass is 405 g/mol. The molecule has 4 aromatic heterocycles. The van der Waals surface area contributed by atoms with Crippen molar-refractivity contribution in [3.63, 3.8) is 0 Å². The predicted octanol–water partition coefficient (Wildman–Crippen LogP) is 3.52. The minimum absolute atomic E-state index is 0.0108. The average molecular weight is 406 g/mol. The lowest BCUT2D eigenvalue weighted by Gasteiger charge is -2.33. The van der Waals surface area contributed by atoms with Crippen LogP contribution in [0.1, 0.15) is 17.7 Å². The molecule has 1 aliphatic heterocycles. The summed E-state index contributed by atoms with van der Waals surface area (Å²) in [5.74, 6) is 1.05. The molecule has 1 saturated heterocycles. The fourth-order valence-electron chi connectivity index (χ4n) is 4.12. The van der Waals surface area contributed by atoms with E-state index in [1.165, 1.54) is 4.88 Å². The number of nitrogens with one attached hydrogen (secondary N) is 1. The third-order valence-corrected chi connectivity index (χ3v) is 6.49. The largest absolute Gasteiger partial charge is 0.355 e. The summed E-state index contributed by atoms with van der Waals surface area (Å²) in [5.41, 5.74) is 2.79. The van der Waals surface area contributed by atoms with Crippen molar-refractivity contribution in [1.82, 2.24) is 19.7 Å². The molecule has 7 heteroatoms. The summed E-state index contributed by atoms with van der Waals surface area (Å²) in [4.78, 5) is 25.6. The Balaban J connectivity index is 1.33. The highest BCUT2D eigenvalue weighted by molar-refractivity contribution is 7.09. The van der Waals surface area contributed by atoms with Gasteiger partial charge in [0.25, 0.3) is 0 Å². The minimum Gasteiger partial charge on any atom is -0.355 e. The second kappa shape index (κ2) is 7.83. The van der Waals surface area contributed by atoms with Crippen LogP contribution < -0.4 is 10.2 Å². The Morgan fingerprint density at radius 2 is 2.14 bits per heavy atom. The molecule has 1 atom stereocenters. The molecule has 1 fully saturated rings. The second-order valence-corrected chi connectivity index (χ2v) is 8.48. The number of hydrogen-bond acceptors (Lipinski definition) is 5. The van der Waals surface area contributed by atoms with Crippen molar-refractivity contribution < 1.29 is 4.79 Å². The molecule has 5 rings (SSSR count). The van der Waals surface area contributed by atoms with Crippen molar-refractivity contribution in [2.24, 2.45) is 5.92 Å². The molecular formula is C22H23N5OS. The molecule has 6 nitrogen and oxygen atoms in total. The van der Waals surface area contributed by atoms with Crippen LogP contribution >= 0.6 is 11.3 Å². The normalized spacial score (nSPS) is 17.1. The lowest BCUT2D eigenvalue weighted by molar-refractivity contribution is -0.125. The molecule has 0 spiro atoms. The number of aromatic nitrogens is 3. The molecule has 0 radical (unpaired) electrons. The maximum absolute atomic E-state index is 12.8. The number of piperidine rings is 1. The molecule has 0 bridgehead atoms. The third kappa shape index (κ3) is 3.58. The van der Waals surface area contributed by atoms with Gasteiger partial charge in [-0.05, 0) is 55.0 Å². The summed E-state index contributed by atoms with van der Waals surface area (Å²) in [6.07, 6.45) is 6.61. The Morgan fingerprint density at radius 1 is 1.21 bits per heavy atom. The molecule has 148 valence electrons. The molecular weight excluding hydrogens is 382 g/mol. The van der Waals surface area contributed by atoms with Gasteiger partial charge < -0.3 is 14.6 Å². The first kappa shape index (κ1) is 18.1. The van der Waals surface area contributed by atoms with E-state index in [9.17, 15) is 4.79 Å². The van der Waals surface area contributed by atoms with E-state index >= 15 is 0 Å². The maximum Gasteiger partial charge on any atom is 0.224 e. The number of thiophene rings is 1. The topological polar surface area (TPSA) is 62.5 Å². The van der Waals surface area contributed by atoms with E-state index < -0.39 is 0 Å². The lowest BCUT2D eigenvalue weighted by atomic mass is 9.97. The number of fused-ring (bicyclic) bond motifs is 3. The number of carbonyl (C=O) groups excluding carboxylic acids is 1. The Bertz CT molecular complexity index is 1140. The number of pyridine rings is 1. The van der Waals surface area contributed by atoms with E-state index in [2.05, 4.69) is 43.2 Å². The van der Waals surface area contributed by atoms with E-state index in [1.807, 2.05) is 24.4 Å². The molecule has 0 unspecified atom stereocenters. The number of rotatable bonds is 5. The van der Waals surface area contributed by atoms with Crippen molar-refractivity contribution >= 4 is 39.7 Å². The zero-order valence-corrected chi connectivity index (χ0v) is 16.9. The van der Waals surface area contributed by atoms with Gasteiger partial charge in [0.1, 0.15) is 0 Å². The predicted molar refractivity (Wildman–Crippen MR) is 116 cm³/mol. The number of hydrogen-bond donors (Lipinski definition) is 1. The fraction of sp³-hybridized carbons (Fsp3) is 0.318. The van der Waals surface area contributed by atoms with Gasteiger partial charge in [-0.3, -0.25) is 4.79 Å². The van der Waals surface area contributed by atoms with Crippen LogP contribution in [0.3, 0.4) is 0 Å². The molecule has 0 saturated carbocycles. The van der Waals surface area contributed by atoms with Crippen molar-refractivity contribution in [3.8, 4) is 0 Å². The molecule has 29 heavy (non-hydrogen) atoms. The lowest BCUT2D eigenvalue weighted by Crippen LogP contribution is -2.44. The highest BCUT2D eigenvalue weighted by Gasteiger charge is 2.27. The van der Waals surface area contributed by atoms with Gasteiger partial charge in [-0.15, -0.1) is 11.3 Å². The summed E-state index contributed by atoms with van der Waals surface area (Å²) in [6, 6.07) is 12.2. The van der Waals surface area contributed by atoms with Crippen molar-refractivity contribution in [1.29, 1.82) is 0 Å². The highest BCUT2D eigenvalue weighted by atomic mass is 32.1. The van der Waals surface area contributed by atoms with Crippen LogP contribution in [0, 0.1) is 5.92 Å². The van der Waals surface area contributed by atoms with E-state index in [1.54, 1.807) is 17.5 Å². The van der Waals surface area contributed by atoms with Gasteiger partial charge in [0.05, 0.1) is 17.0 Å². The third-order valence-electron chi connectivity index (χ3n) is 5.56. The van der Waals surface area contributed by atoms with Gasteiger partial charge in [0.2, 0.25) is 5.91 Å². The average Bonchev–Trinajstić information content (AvgIpc) is 3.45. The van der Waals surface area contributed by atoms with Crippen LogP contribution in [-0.4, -0.2) is 39.9 Å². The van der Waals surface area contributed by atoms with Gasteiger partial charge in [0.15, 0.2) is 11.5 Å². The number of nitrogens with zero attached hydrogens (tertiary/aromatic N) is 4. The van der Waals surface area contributed by atoms with Gasteiger partial charge >= 0.3 is 0 Å². The summed E-state index contributed by atoms with van der Waals surface area (Å²) in [5, 5.41) is 5.20. The van der Waals surface area contributed by atoms with Crippen molar-refractivity contribution in [3.05, 3.63) is 59.0 Å². The van der Waals surface area contributed by atoms with E-state index in [-0.39, 0.29) is 11.8 Å². The van der Waals surface area contributed by atoms with Crippen LogP contribution in [0.4, 0.5) is 5.82 Å². The van der Waals surface area contributed by atoms with Crippen molar-refractivity contribution in [2.45, 2.75) is 19.3 Å². The van der Waals surface area contributed by atoms with Crippen LogP contribution in [0.5, 0.6) is 0 Å². The summed E-state index contributed by atoms with van der Waals surface area (Å²) in [6.45, 7) is 2.29. The van der Waals surface area contributed by atoms with Crippen LogP contribution in [0.25, 0.3) is 16.7 Å².